The van der Waals surface area contributed by atoms with Crippen LogP contribution in [0.25, 0.3) is 0 Å². The van der Waals surface area contributed by atoms with Crippen molar-refractivity contribution in [3.8, 4) is 0 Å². The van der Waals surface area contributed by atoms with Gasteiger partial charge in [0.15, 0.2) is 0 Å². The van der Waals surface area contributed by atoms with Gasteiger partial charge in [-0.15, -0.1) is 0 Å². The van der Waals surface area contributed by atoms with Crippen molar-refractivity contribution in [2.75, 3.05) is 19.6 Å². The first-order valence-electron chi connectivity index (χ1n) is 6.97. The zero-order valence-electron chi connectivity index (χ0n) is 11.7. The molecular formula is C15H21FN2O2. The maximum Gasteiger partial charge on any atom is 0.234 e. The number of hydrogen-bond acceptors (Lipinski definition) is 3. The molecule has 20 heavy (non-hydrogen) atoms. The van der Waals surface area contributed by atoms with Crippen LogP contribution >= 0.6 is 0 Å². The predicted molar refractivity (Wildman–Crippen MR) is 74.5 cm³/mol. The second kappa shape index (κ2) is 6.81. The van der Waals surface area contributed by atoms with Gasteiger partial charge in [0.2, 0.25) is 5.91 Å². The molecule has 1 amide bonds. The van der Waals surface area contributed by atoms with Crippen molar-refractivity contribution in [2.24, 2.45) is 5.92 Å². The lowest BCUT2D eigenvalue weighted by Crippen LogP contribution is -2.36. The molecule has 1 aliphatic rings. The summed E-state index contributed by atoms with van der Waals surface area (Å²) in [6.45, 7) is 3.86. The number of aliphatic hydroxyl groups is 1. The van der Waals surface area contributed by atoms with Gasteiger partial charge in [0.05, 0.1) is 12.6 Å². The molecule has 0 aliphatic carbocycles. The van der Waals surface area contributed by atoms with Gasteiger partial charge in [0.25, 0.3) is 0 Å². The monoisotopic (exact) mass is 280 g/mol. The van der Waals surface area contributed by atoms with Crippen LogP contribution in [0.3, 0.4) is 0 Å². The Kier molecular flexibility index (Phi) is 5.09. The van der Waals surface area contributed by atoms with E-state index in [1.54, 1.807) is 25.1 Å². The number of rotatable bonds is 5. The van der Waals surface area contributed by atoms with Gasteiger partial charge in [0, 0.05) is 18.7 Å². The van der Waals surface area contributed by atoms with E-state index in [0.717, 1.165) is 19.5 Å². The highest BCUT2D eigenvalue weighted by molar-refractivity contribution is 5.78. The fourth-order valence-electron chi connectivity index (χ4n) is 2.49. The first-order valence-corrected chi connectivity index (χ1v) is 6.97. The number of aliphatic hydroxyl groups excluding tert-OH is 1. The normalized spacial score (nSPS) is 20.9. The van der Waals surface area contributed by atoms with Gasteiger partial charge < -0.3 is 10.4 Å². The van der Waals surface area contributed by atoms with Crippen LogP contribution in [-0.4, -0.2) is 41.7 Å². The van der Waals surface area contributed by atoms with Gasteiger partial charge in [-0.05, 0) is 31.9 Å². The highest BCUT2D eigenvalue weighted by atomic mass is 19.1. The zero-order valence-corrected chi connectivity index (χ0v) is 11.7. The van der Waals surface area contributed by atoms with Crippen LogP contribution in [-0.2, 0) is 11.3 Å². The fourth-order valence-corrected chi connectivity index (χ4v) is 2.49. The summed E-state index contributed by atoms with van der Waals surface area (Å²) >= 11 is 0. The third-order valence-electron chi connectivity index (χ3n) is 3.79. The second-order valence-corrected chi connectivity index (χ2v) is 5.39. The Morgan fingerprint density at radius 3 is 2.95 bits per heavy atom. The van der Waals surface area contributed by atoms with Crippen LogP contribution in [0.5, 0.6) is 0 Å². The first-order chi connectivity index (χ1) is 9.56. The molecule has 2 atom stereocenters. The number of likely N-dealkylation sites (tertiary alicyclic amines) is 1. The third kappa shape index (κ3) is 4.02. The summed E-state index contributed by atoms with van der Waals surface area (Å²) in [6.07, 6.45) is 0.583. The molecule has 1 aromatic rings. The van der Waals surface area contributed by atoms with Crippen LogP contribution in [0, 0.1) is 11.7 Å². The Morgan fingerprint density at radius 1 is 1.55 bits per heavy atom. The van der Waals surface area contributed by atoms with E-state index in [4.69, 9.17) is 0 Å². The van der Waals surface area contributed by atoms with Crippen molar-refractivity contribution in [1.82, 2.24) is 10.2 Å². The molecule has 110 valence electrons. The van der Waals surface area contributed by atoms with Gasteiger partial charge >= 0.3 is 0 Å². The first kappa shape index (κ1) is 14.9. The average Bonchev–Trinajstić information content (AvgIpc) is 2.86. The summed E-state index contributed by atoms with van der Waals surface area (Å²) in [6, 6.07) is 6.42. The maximum absolute atomic E-state index is 13.4. The van der Waals surface area contributed by atoms with Gasteiger partial charge in [-0.25, -0.2) is 4.39 Å². The predicted octanol–water partition coefficient (Wildman–Crippen LogP) is 1.14. The minimum absolute atomic E-state index is 0.112. The molecule has 0 spiro atoms. The standard InChI is InChI=1S/C15H21FN2O2/c1-11(19)13-6-7-18(9-13)10-15(20)17-8-12-4-2-3-5-14(12)16/h2-5,11,13,19H,6-10H2,1H3,(H,17,20). The minimum atomic E-state index is -0.332. The summed E-state index contributed by atoms with van der Waals surface area (Å²) in [4.78, 5) is 13.8. The van der Waals surface area contributed by atoms with Crippen LogP contribution in [0.4, 0.5) is 4.39 Å². The molecular weight excluding hydrogens is 259 g/mol. The molecule has 1 aliphatic heterocycles. The Labute approximate surface area is 118 Å². The van der Waals surface area contributed by atoms with E-state index in [1.165, 1.54) is 6.07 Å². The van der Waals surface area contributed by atoms with Crippen LogP contribution in [0.2, 0.25) is 0 Å². The molecule has 4 nitrogen and oxygen atoms in total. The summed E-state index contributed by atoms with van der Waals surface area (Å²) < 4.78 is 13.4. The topological polar surface area (TPSA) is 52.6 Å². The molecule has 1 heterocycles. The summed E-state index contributed by atoms with van der Waals surface area (Å²) in [7, 11) is 0. The Balaban J connectivity index is 1.75. The number of nitrogens with one attached hydrogen (secondary N) is 1. The number of benzene rings is 1. The largest absolute Gasteiger partial charge is 0.393 e. The summed E-state index contributed by atoms with van der Waals surface area (Å²) in [5.41, 5.74) is 0.490. The smallest absolute Gasteiger partial charge is 0.234 e. The molecule has 0 radical (unpaired) electrons. The van der Waals surface area contributed by atoms with E-state index in [9.17, 15) is 14.3 Å². The van der Waals surface area contributed by atoms with E-state index in [2.05, 4.69) is 5.32 Å². The highest BCUT2D eigenvalue weighted by Crippen LogP contribution is 2.18. The maximum atomic E-state index is 13.4. The SMILES string of the molecule is CC(O)C1CCN(CC(=O)NCc2ccccc2F)C1. The molecule has 2 rings (SSSR count). The van der Waals surface area contributed by atoms with E-state index in [0.29, 0.717) is 12.1 Å². The highest BCUT2D eigenvalue weighted by Gasteiger charge is 2.26. The van der Waals surface area contributed by atoms with E-state index < -0.39 is 0 Å². The number of hydrogen-bond donors (Lipinski definition) is 2. The molecule has 1 fully saturated rings. The van der Waals surface area contributed by atoms with Crippen molar-refractivity contribution in [1.29, 1.82) is 0 Å². The van der Waals surface area contributed by atoms with Crippen molar-refractivity contribution < 1.29 is 14.3 Å². The molecule has 1 saturated heterocycles. The van der Waals surface area contributed by atoms with Crippen molar-refractivity contribution >= 4 is 5.91 Å². The van der Waals surface area contributed by atoms with Crippen molar-refractivity contribution in [3.05, 3.63) is 35.6 Å². The Hall–Kier alpha value is -1.46. The summed E-state index contributed by atoms with van der Waals surface area (Å²) in [5, 5.41) is 12.2. The average molecular weight is 280 g/mol. The number of halogens is 1. The number of carbonyl (C=O) groups is 1. The second-order valence-electron chi connectivity index (χ2n) is 5.39. The number of carbonyl (C=O) groups excluding carboxylic acids is 1. The quantitative estimate of drug-likeness (QED) is 0.850. The molecule has 0 aromatic heterocycles. The lowest BCUT2D eigenvalue weighted by atomic mass is 10.0. The van der Waals surface area contributed by atoms with Crippen molar-refractivity contribution in [3.63, 3.8) is 0 Å². The van der Waals surface area contributed by atoms with Gasteiger partial charge in [-0.3, -0.25) is 9.69 Å². The number of amides is 1. The third-order valence-corrected chi connectivity index (χ3v) is 3.79. The molecule has 0 saturated carbocycles. The molecule has 1 aromatic carbocycles. The van der Waals surface area contributed by atoms with E-state index in [-0.39, 0.29) is 30.3 Å². The van der Waals surface area contributed by atoms with Gasteiger partial charge in [-0.1, -0.05) is 18.2 Å². The van der Waals surface area contributed by atoms with Crippen molar-refractivity contribution in [2.45, 2.75) is 26.0 Å². The van der Waals surface area contributed by atoms with E-state index in [1.807, 2.05) is 4.90 Å². The van der Waals surface area contributed by atoms with Gasteiger partial charge in [-0.2, -0.15) is 0 Å². The van der Waals surface area contributed by atoms with Crippen LogP contribution in [0.15, 0.2) is 24.3 Å². The van der Waals surface area contributed by atoms with E-state index >= 15 is 0 Å². The molecule has 2 N–H and O–H groups in total. The van der Waals surface area contributed by atoms with Crippen LogP contribution < -0.4 is 5.32 Å². The molecule has 0 bridgehead atoms. The van der Waals surface area contributed by atoms with Crippen LogP contribution in [0.1, 0.15) is 18.9 Å². The fraction of sp³-hybridized carbons (Fsp3) is 0.533. The molecule has 2 unspecified atom stereocenters. The molecule has 5 heteroatoms. The number of nitrogens with zero attached hydrogens (tertiary/aromatic N) is 1. The lowest BCUT2D eigenvalue weighted by molar-refractivity contribution is -0.122. The minimum Gasteiger partial charge on any atom is -0.393 e. The lowest BCUT2D eigenvalue weighted by Gasteiger charge is -2.17. The summed E-state index contributed by atoms with van der Waals surface area (Å²) in [5.74, 6) is -0.169. The Bertz CT molecular complexity index is 465. The zero-order chi connectivity index (χ0) is 14.5. The van der Waals surface area contributed by atoms with Gasteiger partial charge in [0.1, 0.15) is 5.82 Å². The Morgan fingerprint density at radius 2 is 2.30 bits per heavy atom.